The van der Waals surface area contributed by atoms with Crippen LogP contribution >= 0.6 is 15.9 Å². The largest absolute Gasteiger partial charge is 0.324 e. The zero-order chi connectivity index (χ0) is 20.3. The van der Waals surface area contributed by atoms with Gasteiger partial charge in [-0.25, -0.2) is 4.68 Å². The summed E-state index contributed by atoms with van der Waals surface area (Å²) >= 11 is 3.36. The standard InChI is InChI=1S/C19H15BrN4O4/c1-12-10-15(24(27)28)6-7-16(12)21-18(25)11-23-19(26)9-8-17(22-23)13-2-4-14(20)5-3-13/h2-10H,11H2,1H3,(H,21,25). The molecule has 0 spiro atoms. The van der Waals surface area contributed by atoms with Crippen LogP contribution in [-0.2, 0) is 11.3 Å². The number of hydrogen-bond donors (Lipinski definition) is 1. The van der Waals surface area contributed by atoms with Gasteiger partial charge in [0.2, 0.25) is 5.91 Å². The fourth-order valence-electron chi connectivity index (χ4n) is 2.56. The maximum Gasteiger partial charge on any atom is 0.269 e. The zero-order valence-electron chi connectivity index (χ0n) is 14.8. The van der Waals surface area contributed by atoms with Crippen molar-refractivity contribution in [2.24, 2.45) is 0 Å². The minimum atomic E-state index is -0.504. The van der Waals surface area contributed by atoms with Gasteiger partial charge in [0, 0.05) is 33.9 Å². The van der Waals surface area contributed by atoms with Crippen LogP contribution in [0, 0.1) is 17.0 Å². The number of halogens is 1. The Kier molecular flexibility index (Phi) is 5.65. The molecule has 0 radical (unpaired) electrons. The van der Waals surface area contributed by atoms with E-state index in [0.717, 1.165) is 14.7 Å². The maximum atomic E-state index is 12.3. The number of nitrogens with zero attached hydrogens (tertiary/aromatic N) is 3. The first-order chi connectivity index (χ1) is 13.3. The number of aryl methyl sites for hydroxylation is 1. The summed E-state index contributed by atoms with van der Waals surface area (Å²) in [6.45, 7) is 1.38. The fraction of sp³-hybridized carbons (Fsp3) is 0.105. The predicted molar refractivity (Wildman–Crippen MR) is 108 cm³/mol. The smallest absolute Gasteiger partial charge is 0.269 e. The Morgan fingerprint density at radius 3 is 2.54 bits per heavy atom. The average molecular weight is 443 g/mol. The zero-order valence-corrected chi connectivity index (χ0v) is 16.3. The number of nitro benzene ring substituents is 1. The molecule has 28 heavy (non-hydrogen) atoms. The summed E-state index contributed by atoms with van der Waals surface area (Å²) in [5.74, 6) is -0.459. The number of nitro groups is 1. The van der Waals surface area contributed by atoms with Crippen molar-refractivity contribution < 1.29 is 9.72 Å². The fourth-order valence-corrected chi connectivity index (χ4v) is 2.83. The van der Waals surface area contributed by atoms with E-state index in [9.17, 15) is 19.7 Å². The lowest BCUT2D eigenvalue weighted by Gasteiger charge is -2.10. The molecule has 142 valence electrons. The van der Waals surface area contributed by atoms with Crippen molar-refractivity contribution in [2.75, 3.05) is 5.32 Å². The molecule has 9 heteroatoms. The molecule has 1 N–H and O–H groups in total. The minimum Gasteiger partial charge on any atom is -0.324 e. The van der Waals surface area contributed by atoms with Crippen molar-refractivity contribution in [2.45, 2.75) is 13.5 Å². The number of nitrogens with one attached hydrogen (secondary N) is 1. The van der Waals surface area contributed by atoms with Gasteiger partial charge in [0.05, 0.1) is 10.6 Å². The van der Waals surface area contributed by atoms with Gasteiger partial charge in [-0.2, -0.15) is 5.10 Å². The van der Waals surface area contributed by atoms with Crippen LogP contribution in [0.25, 0.3) is 11.3 Å². The molecule has 0 aliphatic heterocycles. The lowest BCUT2D eigenvalue weighted by atomic mass is 10.1. The lowest BCUT2D eigenvalue weighted by molar-refractivity contribution is -0.384. The number of anilines is 1. The number of rotatable bonds is 5. The summed E-state index contributed by atoms with van der Waals surface area (Å²) in [5.41, 5.74) is 1.89. The summed E-state index contributed by atoms with van der Waals surface area (Å²) in [5, 5.41) is 17.7. The Labute approximate surface area is 168 Å². The highest BCUT2D eigenvalue weighted by Crippen LogP contribution is 2.21. The quantitative estimate of drug-likeness (QED) is 0.480. The third-order valence-electron chi connectivity index (χ3n) is 3.99. The topological polar surface area (TPSA) is 107 Å². The summed E-state index contributed by atoms with van der Waals surface area (Å²) in [7, 11) is 0. The maximum absolute atomic E-state index is 12.3. The van der Waals surface area contributed by atoms with Gasteiger partial charge in [-0.15, -0.1) is 0 Å². The van der Waals surface area contributed by atoms with Crippen molar-refractivity contribution in [3.63, 3.8) is 0 Å². The van der Waals surface area contributed by atoms with E-state index in [-0.39, 0.29) is 12.2 Å². The van der Waals surface area contributed by atoms with E-state index in [1.807, 2.05) is 24.3 Å². The van der Waals surface area contributed by atoms with E-state index in [1.54, 1.807) is 13.0 Å². The van der Waals surface area contributed by atoms with Crippen LogP contribution in [0.4, 0.5) is 11.4 Å². The van der Waals surface area contributed by atoms with Gasteiger partial charge in [0.25, 0.3) is 11.2 Å². The van der Waals surface area contributed by atoms with Crippen LogP contribution in [0.15, 0.2) is 63.9 Å². The van der Waals surface area contributed by atoms with E-state index in [4.69, 9.17) is 0 Å². The number of carbonyl (C=O) groups excluding carboxylic acids is 1. The summed E-state index contributed by atoms with van der Waals surface area (Å²) in [6.07, 6.45) is 0. The third-order valence-corrected chi connectivity index (χ3v) is 4.52. The second kappa shape index (κ2) is 8.13. The van der Waals surface area contributed by atoms with Gasteiger partial charge in [-0.05, 0) is 36.8 Å². The number of hydrogen-bond acceptors (Lipinski definition) is 5. The predicted octanol–water partition coefficient (Wildman–Crippen LogP) is 3.53. The van der Waals surface area contributed by atoms with Crippen LogP contribution < -0.4 is 10.9 Å². The molecule has 1 heterocycles. The van der Waals surface area contributed by atoms with E-state index < -0.39 is 16.4 Å². The van der Waals surface area contributed by atoms with Gasteiger partial charge in [-0.3, -0.25) is 19.7 Å². The molecule has 0 atom stereocenters. The van der Waals surface area contributed by atoms with Crippen LogP contribution in [-0.4, -0.2) is 20.6 Å². The summed E-state index contributed by atoms with van der Waals surface area (Å²) < 4.78 is 2.00. The summed E-state index contributed by atoms with van der Waals surface area (Å²) in [4.78, 5) is 34.7. The Balaban J connectivity index is 1.79. The molecule has 1 aromatic heterocycles. The van der Waals surface area contributed by atoms with Crippen LogP contribution in [0.3, 0.4) is 0 Å². The van der Waals surface area contributed by atoms with Crippen LogP contribution in [0.2, 0.25) is 0 Å². The highest BCUT2D eigenvalue weighted by atomic mass is 79.9. The second-order valence-electron chi connectivity index (χ2n) is 6.03. The van der Waals surface area contributed by atoms with Crippen molar-refractivity contribution in [3.8, 4) is 11.3 Å². The van der Waals surface area contributed by atoms with E-state index in [1.165, 1.54) is 24.3 Å². The molecular weight excluding hydrogens is 428 g/mol. The normalized spacial score (nSPS) is 10.5. The molecule has 3 aromatic rings. The number of carbonyl (C=O) groups is 1. The minimum absolute atomic E-state index is 0.0596. The van der Waals surface area contributed by atoms with Gasteiger partial charge >= 0.3 is 0 Å². The molecule has 0 fully saturated rings. The molecule has 3 rings (SSSR count). The van der Waals surface area contributed by atoms with Gasteiger partial charge in [0.1, 0.15) is 6.54 Å². The van der Waals surface area contributed by atoms with Crippen molar-refractivity contribution in [1.82, 2.24) is 9.78 Å². The second-order valence-corrected chi connectivity index (χ2v) is 6.94. The Morgan fingerprint density at radius 2 is 1.89 bits per heavy atom. The van der Waals surface area contributed by atoms with Gasteiger partial charge < -0.3 is 5.32 Å². The first-order valence-corrected chi connectivity index (χ1v) is 9.02. The number of amides is 1. The van der Waals surface area contributed by atoms with Gasteiger partial charge in [0.15, 0.2) is 0 Å². The molecule has 0 saturated carbocycles. The van der Waals surface area contributed by atoms with E-state index in [2.05, 4.69) is 26.3 Å². The molecule has 0 saturated heterocycles. The van der Waals surface area contributed by atoms with Crippen molar-refractivity contribution in [1.29, 1.82) is 0 Å². The Bertz CT molecular complexity index is 1110. The van der Waals surface area contributed by atoms with Crippen LogP contribution in [0.5, 0.6) is 0 Å². The SMILES string of the molecule is Cc1cc([N+](=O)[O-])ccc1NC(=O)Cn1nc(-c2ccc(Br)cc2)ccc1=O. The van der Waals surface area contributed by atoms with Crippen molar-refractivity contribution >= 4 is 33.2 Å². The van der Waals surface area contributed by atoms with Crippen molar-refractivity contribution in [3.05, 3.63) is 85.1 Å². The molecule has 0 aliphatic rings. The molecule has 2 aromatic carbocycles. The highest BCUT2D eigenvalue weighted by molar-refractivity contribution is 9.10. The van der Waals surface area contributed by atoms with E-state index >= 15 is 0 Å². The third kappa shape index (κ3) is 4.49. The molecule has 8 nitrogen and oxygen atoms in total. The number of non-ortho nitro benzene ring substituents is 1. The molecule has 0 aliphatic carbocycles. The Morgan fingerprint density at radius 1 is 1.18 bits per heavy atom. The monoisotopic (exact) mass is 442 g/mol. The lowest BCUT2D eigenvalue weighted by Crippen LogP contribution is -2.29. The van der Waals surface area contributed by atoms with E-state index in [0.29, 0.717) is 16.9 Å². The number of benzene rings is 2. The molecule has 0 unspecified atom stereocenters. The van der Waals surface area contributed by atoms with Gasteiger partial charge in [-0.1, -0.05) is 28.1 Å². The van der Waals surface area contributed by atoms with Crippen LogP contribution in [0.1, 0.15) is 5.56 Å². The number of aromatic nitrogens is 2. The highest BCUT2D eigenvalue weighted by Gasteiger charge is 2.12. The summed E-state index contributed by atoms with van der Waals surface area (Å²) in [6, 6.07) is 14.5. The molecule has 0 bridgehead atoms. The Hall–Kier alpha value is -3.33. The average Bonchev–Trinajstić information content (AvgIpc) is 2.65. The molecule has 1 amide bonds. The first-order valence-electron chi connectivity index (χ1n) is 8.22. The first kappa shape index (κ1) is 19.4. The molecular formula is C19H15BrN4O4.